The molecule has 0 aliphatic carbocycles. The molecule has 3 rings (SSSR count). The molecule has 1 aliphatic heterocycles. The van der Waals surface area contributed by atoms with Crippen molar-refractivity contribution in [2.24, 2.45) is 5.73 Å². The molecule has 2 N–H and O–H groups in total. The van der Waals surface area contributed by atoms with Gasteiger partial charge in [-0.2, -0.15) is 0 Å². The zero-order chi connectivity index (χ0) is 14.2. The Morgan fingerprint density at radius 2 is 1.95 bits per heavy atom. The van der Waals surface area contributed by atoms with E-state index in [1.54, 1.807) is 6.07 Å². The number of para-hydroxylation sites is 1. The molecule has 0 aromatic heterocycles. The third-order valence-electron chi connectivity index (χ3n) is 3.74. The number of ether oxygens (including phenoxy) is 1. The summed E-state index contributed by atoms with van der Waals surface area (Å²) in [5, 5.41) is 1.37. The number of hydrogen-bond acceptors (Lipinski definition) is 2. The Morgan fingerprint density at radius 3 is 2.80 bits per heavy atom. The summed E-state index contributed by atoms with van der Waals surface area (Å²) in [5.74, 6) is 0.861. The zero-order valence-electron chi connectivity index (χ0n) is 10.9. The molecule has 1 heterocycles. The van der Waals surface area contributed by atoms with Gasteiger partial charge in [0.25, 0.3) is 0 Å². The number of hydrogen-bond donors (Lipinski definition) is 1. The molecule has 104 valence electrons. The lowest BCUT2D eigenvalue weighted by atomic mass is 9.80. The number of nitrogens with two attached hydrogens (primary N) is 1. The van der Waals surface area contributed by atoms with Gasteiger partial charge in [0.1, 0.15) is 5.75 Å². The normalized spacial score (nSPS) is 21.1. The number of benzene rings is 2. The van der Waals surface area contributed by atoms with Crippen molar-refractivity contribution in [2.45, 2.75) is 18.4 Å². The van der Waals surface area contributed by atoms with Crippen LogP contribution in [0.25, 0.3) is 0 Å². The predicted molar refractivity (Wildman–Crippen MR) is 82.6 cm³/mol. The van der Waals surface area contributed by atoms with E-state index in [-0.39, 0.29) is 0 Å². The Labute approximate surface area is 128 Å². The van der Waals surface area contributed by atoms with Gasteiger partial charge in [0.15, 0.2) is 0 Å². The molecule has 2 aromatic carbocycles. The maximum Gasteiger partial charge on any atom is 0.124 e. The molecule has 0 bridgehead atoms. The quantitative estimate of drug-likeness (QED) is 0.903. The molecule has 0 saturated carbocycles. The van der Waals surface area contributed by atoms with Gasteiger partial charge in [0.2, 0.25) is 0 Å². The van der Waals surface area contributed by atoms with Gasteiger partial charge in [-0.05, 0) is 36.2 Å². The highest BCUT2D eigenvalue weighted by atomic mass is 35.5. The third kappa shape index (κ3) is 2.51. The predicted octanol–water partition coefficient (Wildman–Crippen LogP) is 4.17. The van der Waals surface area contributed by atoms with E-state index in [4.69, 9.17) is 33.7 Å². The van der Waals surface area contributed by atoms with Gasteiger partial charge in [-0.25, -0.2) is 0 Å². The first-order valence-corrected chi connectivity index (χ1v) is 7.29. The number of rotatable bonds is 2. The van der Waals surface area contributed by atoms with Gasteiger partial charge in [-0.1, -0.05) is 41.4 Å². The second-order valence-electron chi connectivity index (χ2n) is 5.16. The average molecular weight is 308 g/mol. The van der Waals surface area contributed by atoms with Crippen molar-refractivity contribution in [1.29, 1.82) is 0 Å². The first-order valence-electron chi connectivity index (χ1n) is 6.54. The minimum atomic E-state index is -0.469. The second kappa shape index (κ2) is 5.28. The van der Waals surface area contributed by atoms with Gasteiger partial charge in [0, 0.05) is 22.0 Å². The molecule has 2 aromatic rings. The first-order chi connectivity index (χ1) is 9.58. The molecular weight excluding hydrogens is 293 g/mol. The van der Waals surface area contributed by atoms with Crippen molar-refractivity contribution in [3.05, 3.63) is 63.6 Å². The molecule has 1 atom stereocenters. The lowest BCUT2D eigenvalue weighted by molar-refractivity contribution is 0.215. The Balaban J connectivity index is 2.00. The van der Waals surface area contributed by atoms with Crippen molar-refractivity contribution in [3.63, 3.8) is 0 Å². The van der Waals surface area contributed by atoms with Crippen LogP contribution in [0.15, 0.2) is 42.5 Å². The van der Waals surface area contributed by atoms with E-state index in [1.165, 1.54) is 0 Å². The molecular formula is C16H15Cl2NO. The summed E-state index contributed by atoms with van der Waals surface area (Å²) in [6.07, 6.45) is 1.40. The molecule has 0 saturated heterocycles. The molecule has 0 fully saturated rings. The molecule has 1 unspecified atom stereocenters. The van der Waals surface area contributed by atoms with Crippen LogP contribution in [0.5, 0.6) is 5.75 Å². The van der Waals surface area contributed by atoms with Crippen LogP contribution in [0, 0.1) is 0 Å². The lowest BCUT2D eigenvalue weighted by Gasteiger charge is -2.36. The molecule has 1 aliphatic rings. The summed E-state index contributed by atoms with van der Waals surface area (Å²) in [4.78, 5) is 0. The van der Waals surface area contributed by atoms with Crippen LogP contribution >= 0.6 is 23.2 Å². The lowest BCUT2D eigenvalue weighted by Crippen LogP contribution is -2.43. The molecule has 0 amide bonds. The van der Waals surface area contributed by atoms with Crippen LogP contribution in [0.3, 0.4) is 0 Å². The molecule has 2 nitrogen and oxygen atoms in total. The van der Waals surface area contributed by atoms with E-state index in [2.05, 4.69) is 0 Å². The van der Waals surface area contributed by atoms with Crippen molar-refractivity contribution in [3.8, 4) is 5.75 Å². The maximum absolute atomic E-state index is 6.64. The zero-order valence-corrected chi connectivity index (χ0v) is 12.4. The standard InChI is InChI=1S/C16H15Cl2NO/c17-12-5-6-14(18)11(9-12)10-16(19)7-8-20-15-4-2-1-3-13(15)16/h1-6,9H,7-8,10,19H2. The highest BCUT2D eigenvalue weighted by Crippen LogP contribution is 2.38. The SMILES string of the molecule is NC1(Cc2cc(Cl)ccc2Cl)CCOc2ccccc21. The Kier molecular flexibility index (Phi) is 3.63. The third-order valence-corrected chi connectivity index (χ3v) is 4.35. The monoisotopic (exact) mass is 307 g/mol. The smallest absolute Gasteiger partial charge is 0.124 e. The highest BCUT2D eigenvalue weighted by Gasteiger charge is 2.34. The van der Waals surface area contributed by atoms with Crippen LogP contribution in [-0.4, -0.2) is 6.61 Å². The average Bonchev–Trinajstić information content (AvgIpc) is 2.43. The molecule has 20 heavy (non-hydrogen) atoms. The van der Waals surface area contributed by atoms with E-state index >= 15 is 0 Å². The summed E-state index contributed by atoms with van der Waals surface area (Å²) < 4.78 is 5.67. The fourth-order valence-electron chi connectivity index (χ4n) is 2.68. The van der Waals surface area contributed by atoms with E-state index in [9.17, 15) is 0 Å². The summed E-state index contributed by atoms with van der Waals surface area (Å²) in [6, 6.07) is 13.4. The van der Waals surface area contributed by atoms with Crippen LogP contribution in [0.4, 0.5) is 0 Å². The van der Waals surface area contributed by atoms with Crippen LogP contribution < -0.4 is 10.5 Å². The van der Waals surface area contributed by atoms with E-state index in [0.29, 0.717) is 23.1 Å². The fraction of sp³-hybridized carbons (Fsp3) is 0.250. The first kappa shape index (κ1) is 13.7. The summed E-state index contributed by atoms with van der Waals surface area (Å²) in [6.45, 7) is 0.617. The molecule has 0 spiro atoms. The van der Waals surface area contributed by atoms with Crippen molar-refractivity contribution >= 4 is 23.2 Å². The van der Waals surface area contributed by atoms with Gasteiger partial charge >= 0.3 is 0 Å². The second-order valence-corrected chi connectivity index (χ2v) is 6.01. The molecule has 0 radical (unpaired) electrons. The Bertz CT molecular complexity index is 644. The highest BCUT2D eigenvalue weighted by molar-refractivity contribution is 6.33. The minimum Gasteiger partial charge on any atom is -0.493 e. The van der Waals surface area contributed by atoms with Gasteiger partial charge in [-0.15, -0.1) is 0 Å². The maximum atomic E-state index is 6.64. The topological polar surface area (TPSA) is 35.2 Å². The van der Waals surface area contributed by atoms with Crippen molar-refractivity contribution in [2.75, 3.05) is 6.61 Å². The Morgan fingerprint density at radius 1 is 1.15 bits per heavy atom. The minimum absolute atomic E-state index is 0.469. The van der Waals surface area contributed by atoms with Gasteiger partial charge in [-0.3, -0.25) is 0 Å². The van der Waals surface area contributed by atoms with E-state index in [1.807, 2.05) is 36.4 Å². The van der Waals surface area contributed by atoms with Crippen LogP contribution in [0.2, 0.25) is 10.0 Å². The summed E-state index contributed by atoms with van der Waals surface area (Å²) in [5.41, 5.74) is 8.17. The van der Waals surface area contributed by atoms with Gasteiger partial charge < -0.3 is 10.5 Å². The van der Waals surface area contributed by atoms with Crippen molar-refractivity contribution < 1.29 is 4.74 Å². The summed E-state index contributed by atoms with van der Waals surface area (Å²) in [7, 11) is 0. The fourth-order valence-corrected chi connectivity index (χ4v) is 3.06. The van der Waals surface area contributed by atoms with E-state index < -0.39 is 5.54 Å². The van der Waals surface area contributed by atoms with Crippen LogP contribution in [-0.2, 0) is 12.0 Å². The van der Waals surface area contributed by atoms with E-state index in [0.717, 1.165) is 23.3 Å². The largest absolute Gasteiger partial charge is 0.493 e. The van der Waals surface area contributed by atoms with Crippen LogP contribution in [0.1, 0.15) is 17.5 Å². The van der Waals surface area contributed by atoms with Crippen molar-refractivity contribution in [1.82, 2.24) is 0 Å². The number of halogens is 2. The van der Waals surface area contributed by atoms with Gasteiger partial charge in [0.05, 0.1) is 12.1 Å². The summed E-state index contributed by atoms with van der Waals surface area (Å²) >= 11 is 12.3. The number of fused-ring (bicyclic) bond motifs is 1. The Hall–Kier alpha value is -1.22. The molecule has 4 heteroatoms.